The Morgan fingerprint density at radius 1 is 1.05 bits per heavy atom. The van der Waals surface area contributed by atoms with Gasteiger partial charge in [0, 0.05) is 5.69 Å². The van der Waals surface area contributed by atoms with Crippen LogP contribution in [0.2, 0.25) is 0 Å². The van der Waals surface area contributed by atoms with Gasteiger partial charge in [0.05, 0.1) is 11.3 Å². The third kappa shape index (κ3) is 4.05. The first kappa shape index (κ1) is 15.0. The Kier molecular flexibility index (Phi) is 4.26. The number of carbonyl (C=O) groups is 1. The van der Waals surface area contributed by atoms with Gasteiger partial charge in [0.1, 0.15) is 5.60 Å². The van der Waals surface area contributed by atoms with Crippen molar-refractivity contribution in [2.45, 2.75) is 26.4 Å². The topological polar surface area (TPSA) is 38.3 Å². The number of hydrogen-bond donors (Lipinski definition) is 1. The molecule has 0 aromatic heterocycles. The number of nitrogens with one attached hydrogen (secondary N) is 1. The largest absolute Gasteiger partial charge is 0.456 e. The summed E-state index contributed by atoms with van der Waals surface area (Å²) in [6.07, 6.45) is 0. The first-order valence-corrected chi connectivity index (χ1v) is 6.71. The van der Waals surface area contributed by atoms with Crippen LogP contribution < -0.4 is 5.32 Å². The summed E-state index contributed by atoms with van der Waals surface area (Å²) >= 11 is 0. The highest BCUT2D eigenvalue weighted by molar-refractivity contribution is 5.91. The second-order valence-electron chi connectivity index (χ2n) is 5.66. The molecule has 0 spiro atoms. The van der Waals surface area contributed by atoms with Crippen LogP contribution in [-0.4, -0.2) is 11.6 Å². The van der Waals surface area contributed by atoms with E-state index in [1.165, 1.54) is 6.07 Å². The fourth-order valence-corrected chi connectivity index (χ4v) is 1.80. The van der Waals surface area contributed by atoms with Gasteiger partial charge in [-0.3, -0.25) is 0 Å². The van der Waals surface area contributed by atoms with Crippen molar-refractivity contribution >= 4 is 17.3 Å². The molecule has 0 unspecified atom stereocenters. The van der Waals surface area contributed by atoms with E-state index in [1.807, 2.05) is 30.3 Å². The Morgan fingerprint density at radius 3 is 2.33 bits per heavy atom. The zero-order valence-electron chi connectivity index (χ0n) is 12.3. The van der Waals surface area contributed by atoms with Crippen LogP contribution in [0.1, 0.15) is 31.1 Å². The number of ether oxygens (including phenoxy) is 1. The molecule has 0 saturated heterocycles. The van der Waals surface area contributed by atoms with Crippen LogP contribution in [0.3, 0.4) is 0 Å². The summed E-state index contributed by atoms with van der Waals surface area (Å²) in [7, 11) is 0. The number of para-hydroxylation sites is 1. The molecule has 0 aliphatic rings. The molecule has 0 atom stereocenters. The molecule has 0 aliphatic heterocycles. The summed E-state index contributed by atoms with van der Waals surface area (Å²) in [6.45, 7) is 5.23. The second-order valence-corrected chi connectivity index (χ2v) is 5.66. The monoisotopic (exact) mass is 287 g/mol. The standard InChI is InChI=1S/C17H18FNO2/c1-17(2,3)21-16(20)13-10-7-11-14(15(13)18)19-12-8-5-4-6-9-12/h4-11,19H,1-3H3. The van der Waals surface area contributed by atoms with Gasteiger partial charge in [0.2, 0.25) is 0 Å². The summed E-state index contributed by atoms with van der Waals surface area (Å²) in [5, 5.41) is 2.95. The number of esters is 1. The summed E-state index contributed by atoms with van der Waals surface area (Å²) in [4.78, 5) is 12.0. The minimum atomic E-state index is -0.670. The SMILES string of the molecule is CC(C)(C)OC(=O)c1cccc(Nc2ccccc2)c1F. The Bertz CT molecular complexity index is 633. The maximum Gasteiger partial charge on any atom is 0.341 e. The number of benzene rings is 2. The van der Waals surface area contributed by atoms with Crippen molar-refractivity contribution in [2.24, 2.45) is 0 Å². The minimum Gasteiger partial charge on any atom is -0.456 e. The molecule has 4 heteroatoms. The Morgan fingerprint density at radius 2 is 1.71 bits per heavy atom. The van der Waals surface area contributed by atoms with E-state index in [0.29, 0.717) is 0 Å². The number of rotatable bonds is 3. The van der Waals surface area contributed by atoms with E-state index < -0.39 is 17.4 Å². The average molecular weight is 287 g/mol. The van der Waals surface area contributed by atoms with E-state index >= 15 is 0 Å². The fourth-order valence-electron chi connectivity index (χ4n) is 1.80. The zero-order chi connectivity index (χ0) is 15.5. The second kappa shape index (κ2) is 5.95. The Balaban J connectivity index is 2.26. The third-order valence-corrected chi connectivity index (χ3v) is 2.67. The fraction of sp³-hybridized carbons (Fsp3) is 0.235. The molecule has 2 rings (SSSR count). The summed E-state index contributed by atoms with van der Waals surface area (Å²) in [5.41, 5.74) is 0.250. The lowest BCUT2D eigenvalue weighted by Crippen LogP contribution is -2.24. The maximum absolute atomic E-state index is 14.4. The molecule has 2 aromatic rings. The third-order valence-electron chi connectivity index (χ3n) is 2.67. The van der Waals surface area contributed by atoms with E-state index in [1.54, 1.807) is 32.9 Å². The van der Waals surface area contributed by atoms with Crippen molar-refractivity contribution in [3.8, 4) is 0 Å². The van der Waals surface area contributed by atoms with E-state index in [2.05, 4.69) is 5.32 Å². The molecule has 21 heavy (non-hydrogen) atoms. The predicted octanol–water partition coefficient (Wildman–Crippen LogP) is 4.52. The average Bonchev–Trinajstić information content (AvgIpc) is 2.40. The molecule has 0 aliphatic carbocycles. The van der Waals surface area contributed by atoms with Gasteiger partial charge in [-0.25, -0.2) is 9.18 Å². The maximum atomic E-state index is 14.4. The van der Waals surface area contributed by atoms with Gasteiger partial charge >= 0.3 is 5.97 Å². The van der Waals surface area contributed by atoms with Crippen molar-refractivity contribution in [3.63, 3.8) is 0 Å². The summed E-state index contributed by atoms with van der Waals surface area (Å²) in [5.74, 6) is -1.28. The van der Waals surface area contributed by atoms with Gasteiger partial charge in [-0.15, -0.1) is 0 Å². The van der Waals surface area contributed by atoms with Crippen LogP contribution in [0.25, 0.3) is 0 Å². The highest BCUT2D eigenvalue weighted by Crippen LogP contribution is 2.24. The Hall–Kier alpha value is -2.36. The van der Waals surface area contributed by atoms with Gasteiger partial charge < -0.3 is 10.1 Å². The quantitative estimate of drug-likeness (QED) is 0.843. The number of halogens is 1. The van der Waals surface area contributed by atoms with Crippen molar-refractivity contribution in [2.75, 3.05) is 5.32 Å². The van der Waals surface area contributed by atoms with E-state index in [0.717, 1.165) is 5.69 Å². The van der Waals surface area contributed by atoms with E-state index in [4.69, 9.17) is 4.74 Å². The van der Waals surface area contributed by atoms with Gasteiger partial charge in [-0.1, -0.05) is 24.3 Å². The predicted molar refractivity (Wildman–Crippen MR) is 81.3 cm³/mol. The van der Waals surface area contributed by atoms with E-state index in [9.17, 15) is 9.18 Å². The van der Waals surface area contributed by atoms with Crippen molar-refractivity contribution in [1.29, 1.82) is 0 Å². The van der Waals surface area contributed by atoms with E-state index in [-0.39, 0.29) is 11.3 Å². The molecule has 0 heterocycles. The van der Waals surface area contributed by atoms with Crippen LogP contribution in [0.4, 0.5) is 15.8 Å². The highest BCUT2D eigenvalue weighted by Gasteiger charge is 2.22. The Labute approximate surface area is 123 Å². The lowest BCUT2D eigenvalue weighted by atomic mass is 10.1. The number of hydrogen-bond acceptors (Lipinski definition) is 3. The van der Waals surface area contributed by atoms with Crippen LogP contribution in [-0.2, 0) is 4.74 Å². The first-order chi connectivity index (χ1) is 9.87. The highest BCUT2D eigenvalue weighted by atomic mass is 19.1. The summed E-state index contributed by atoms with van der Waals surface area (Å²) in [6, 6.07) is 13.8. The molecule has 110 valence electrons. The number of carbonyl (C=O) groups excluding carboxylic acids is 1. The van der Waals surface area contributed by atoms with Crippen LogP contribution >= 0.6 is 0 Å². The molecule has 0 bridgehead atoms. The summed E-state index contributed by atoms with van der Waals surface area (Å²) < 4.78 is 19.6. The molecule has 0 radical (unpaired) electrons. The lowest BCUT2D eigenvalue weighted by Gasteiger charge is -2.20. The molecule has 2 aromatic carbocycles. The minimum absolute atomic E-state index is 0.0779. The van der Waals surface area contributed by atoms with Crippen molar-refractivity contribution in [1.82, 2.24) is 0 Å². The molecule has 3 nitrogen and oxygen atoms in total. The van der Waals surface area contributed by atoms with Gasteiger partial charge in [-0.05, 0) is 45.0 Å². The molecular weight excluding hydrogens is 269 g/mol. The molecule has 0 saturated carbocycles. The van der Waals surface area contributed by atoms with Crippen molar-refractivity contribution < 1.29 is 13.9 Å². The van der Waals surface area contributed by atoms with Crippen LogP contribution in [0.15, 0.2) is 48.5 Å². The van der Waals surface area contributed by atoms with Crippen molar-refractivity contribution in [3.05, 3.63) is 59.9 Å². The lowest BCUT2D eigenvalue weighted by molar-refractivity contribution is 0.00649. The zero-order valence-corrected chi connectivity index (χ0v) is 12.3. The van der Waals surface area contributed by atoms with Crippen LogP contribution in [0, 0.1) is 5.82 Å². The number of anilines is 2. The molecule has 1 N–H and O–H groups in total. The van der Waals surface area contributed by atoms with Gasteiger partial charge in [0.15, 0.2) is 5.82 Å². The molecule has 0 fully saturated rings. The van der Waals surface area contributed by atoms with Gasteiger partial charge in [-0.2, -0.15) is 0 Å². The smallest absolute Gasteiger partial charge is 0.341 e. The molecule has 0 amide bonds. The first-order valence-electron chi connectivity index (χ1n) is 6.71. The molecular formula is C17H18FNO2. The normalized spacial score (nSPS) is 11.0. The van der Waals surface area contributed by atoms with Crippen LogP contribution in [0.5, 0.6) is 0 Å². The van der Waals surface area contributed by atoms with Gasteiger partial charge in [0.25, 0.3) is 0 Å².